The van der Waals surface area contributed by atoms with E-state index < -0.39 is 0 Å². The summed E-state index contributed by atoms with van der Waals surface area (Å²) in [7, 11) is 1.71. The number of pyridine rings is 1. The van der Waals surface area contributed by atoms with Gasteiger partial charge in [0.25, 0.3) is 0 Å². The van der Waals surface area contributed by atoms with Gasteiger partial charge in [0.1, 0.15) is 5.75 Å². The summed E-state index contributed by atoms with van der Waals surface area (Å²) in [6.07, 6.45) is 1.10. The van der Waals surface area contributed by atoms with Crippen LogP contribution in [-0.2, 0) is 13.0 Å². The monoisotopic (exact) mass is 262 g/mol. The van der Waals surface area contributed by atoms with Crippen LogP contribution in [-0.4, -0.2) is 7.11 Å². The smallest absolute Gasteiger partial charge is 0.213 e. The molecule has 2 nitrogen and oxygen atoms in total. The SMILES string of the molecule is COc1ccc2c(ccc3[n+]2CCc2ccccc2-3)c1. The van der Waals surface area contributed by atoms with Gasteiger partial charge >= 0.3 is 0 Å². The van der Waals surface area contributed by atoms with Gasteiger partial charge in [-0.05, 0) is 29.8 Å². The number of aryl methyl sites for hydroxylation is 2. The van der Waals surface area contributed by atoms with E-state index in [1.54, 1.807) is 7.11 Å². The first-order valence-electron chi connectivity index (χ1n) is 6.96. The normalized spacial score (nSPS) is 12.8. The van der Waals surface area contributed by atoms with E-state index >= 15 is 0 Å². The summed E-state index contributed by atoms with van der Waals surface area (Å²) in [5.41, 5.74) is 5.39. The number of nitrogens with zero attached hydrogens (tertiary/aromatic N) is 1. The Morgan fingerprint density at radius 2 is 1.90 bits per heavy atom. The Morgan fingerprint density at radius 1 is 1.00 bits per heavy atom. The third-order valence-electron chi connectivity index (χ3n) is 4.14. The second kappa shape index (κ2) is 4.34. The minimum absolute atomic E-state index is 0.911. The molecule has 4 rings (SSSR count). The molecule has 0 amide bonds. The van der Waals surface area contributed by atoms with Crippen LogP contribution in [0.25, 0.3) is 22.2 Å². The Morgan fingerprint density at radius 3 is 2.80 bits per heavy atom. The van der Waals surface area contributed by atoms with Crippen molar-refractivity contribution in [2.24, 2.45) is 0 Å². The van der Waals surface area contributed by atoms with Gasteiger partial charge in [-0.3, -0.25) is 0 Å². The third-order valence-corrected chi connectivity index (χ3v) is 4.14. The van der Waals surface area contributed by atoms with Crippen LogP contribution in [0.2, 0.25) is 0 Å². The maximum Gasteiger partial charge on any atom is 0.213 e. The average Bonchev–Trinajstić information content (AvgIpc) is 2.53. The molecule has 3 aromatic rings. The lowest BCUT2D eigenvalue weighted by Crippen LogP contribution is -2.41. The van der Waals surface area contributed by atoms with E-state index in [1.165, 1.54) is 27.7 Å². The van der Waals surface area contributed by atoms with Crippen LogP contribution in [0, 0.1) is 0 Å². The van der Waals surface area contributed by atoms with Crippen molar-refractivity contribution in [1.29, 1.82) is 0 Å². The van der Waals surface area contributed by atoms with E-state index in [0.717, 1.165) is 18.7 Å². The zero-order chi connectivity index (χ0) is 13.5. The van der Waals surface area contributed by atoms with Crippen LogP contribution < -0.4 is 9.30 Å². The topological polar surface area (TPSA) is 13.1 Å². The Hall–Kier alpha value is -2.35. The first-order valence-corrected chi connectivity index (χ1v) is 6.96. The van der Waals surface area contributed by atoms with Crippen molar-refractivity contribution in [2.45, 2.75) is 13.0 Å². The van der Waals surface area contributed by atoms with Gasteiger partial charge in [-0.1, -0.05) is 18.2 Å². The van der Waals surface area contributed by atoms with Crippen molar-refractivity contribution in [2.75, 3.05) is 7.11 Å². The molecule has 1 aliphatic rings. The Balaban J connectivity index is 2.00. The Kier molecular flexibility index (Phi) is 2.49. The van der Waals surface area contributed by atoms with Crippen molar-refractivity contribution in [3.05, 3.63) is 60.2 Å². The van der Waals surface area contributed by atoms with Crippen molar-refractivity contribution in [1.82, 2.24) is 0 Å². The fourth-order valence-electron chi connectivity index (χ4n) is 3.12. The first-order chi connectivity index (χ1) is 9.86. The van der Waals surface area contributed by atoms with Gasteiger partial charge in [-0.15, -0.1) is 0 Å². The quantitative estimate of drug-likeness (QED) is 0.613. The minimum Gasteiger partial charge on any atom is -0.497 e. The molecule has 0 unspecified atom stereocenters. The molecule has 0 N–H and O–H groups in total. The molecule has 0 saturated carbocycles. The molecule has 2 heterocycles. The predicted octanol–water partition coefficient (Wildman–Crippen LogP) is 3.36. The molecule has 1 aliphatic heterocycles. The van der Waals surface area contributed by atoms with Crippen molar-refractivity contribution in [3.63, 3.8) is 0 Å². The van der Waals surface area contributed by atoms with E-state index in [2.05, 4.69) is 53.1 Å². The van der Waals surface area contributed by atoms with E-state index in [-0.39, 0.29) is 0 Å². The van der Waals surface area contributed by atoms with Gasteiger partial charge in [-0.25, -0.2) is 0 Å². The van der Waals surface area contributed by atoms with Crippen LogP contribution in [0.4, 0.5) is 0 Å². The summed E-state index contributed by atoms with van der Waals surface area (Å²) in [5, 5.41) is 1.23. The summed E-state index contributed by atoms with van der Waals surface area (Å²) in [6.45, 7) is 1.04. The van der Waals surface area contributed by atoms with Crippen molar-refractivity contribution in [3.8, 4) is 17.0 Å². The van der Waals surface area contributed by atoms with E-state index in [0.29, 0.717) is 0 Å². The lowest BCUT2D eigenvalue weighted by Gasteiger charge is -2.16. The summed E-state index contributed by atoms with van der Waals surface area (Å²) in [6, 6.07) is 19.4. The number of ether oxygens (including phenoxy) is 1. The van der Waals surface area contributed by atoms with Crippen LogP contribution >= 0.6 is 0 Å². The Labute approximate surface area is 118 Å². The number of aromatic nitrogens is 1. The molecule has 0 fully saturated rings. The molecular formula is C18H16NO+. The molecule has 0 spiro atoms. The fourth-order valence-corrected chi connectivity index (χ4v) is 3.12. The van der Waals surface area contributed by atoms with Gasteiger partial charge in [0.05, 0.1) is 12.5 Å². The summed E-state index contributed by atoms with van der Waals surface area (Å²) in [4.78, 5) is 0. The number of hydrogen-bond donors (Lipinski definition) is 0. The van der Waals surface area contributed by atoms with Gasteiger partial charge in [0.2, 0.25) is 11.2 Å². The number of hydrogen-bond acceptors (Lipinski definition) is 1. The van der Waals surface area contributed by atoms with Crippen LogP contribution in [0.3, 0.4) is 0 Å². The molecule has 1 aromatic heterocycles. The molecule has 0 aliphatic carbocycles. The fraction of sp³-hybridized carbons (Fsp3) is 0.167. The highest BCUT2D eigenvalue weighted by molar-refractivity contribution is 5.79. The largest absolute Gasteiger partial charge is 0.497 e. The molecule has 0 radical (unpaired) electrons. The van der Waals surface area contributed by atoms with E-state index in [9.17, 15) is 0 Å². The zero-order valence-corrected chi connectivity index (χ0v) is 11.5. The van der Waals surface area contributed by atoms with Gasteiger partial charge in [0, 0.05) is 24.1 Å². The predicted molar refractivity (Wildman–Crippen MR) is 79.8 cm³/mol. The molecule has 2 heteroatoms. The summed E-state index contributed by atoms with van der Waals surface area (Å²) < 4.78 is 7.73. The standard InChI is InChI=1S/C18H16NO/c1-20-15-7-9-17-14(12-15)6-8-18-16-5-3-2-4-13(16)10-11-19(17)18/h2-9,12H,10-11H2,1H3/q+1. The molecular weight excluding hydrogens is 246 g/mol. The van der Waals surface area contributed by atoms with Gasteiger partial charge in [0.15, 0.2) is 6.54 Å². The highest BCUT2D eigenvalue weighted by atomic mass is 16.5. The minimum atomic E-state index is 0.911. The number of methoxy groups -OCH3 is 1. The third kappa shape index (κ3) is 1.61. The first kappa shape index (κ1) is 11.5. The lowest BCUT2D eigenvalue weighted by molar-refractivity contribution is -0.661. The lowest BCUT2D eigenvalue weighted by atomic mass is 9.96. The van der Waals surface area contributed by atoms with E-state index in [1.807, 2.05) is 6.07 Å². The van der Waals surface area contributed by atoms with Crippen LogP contribution in [0.5, 0.6) is 5.75 Å². The van der Waals surface area contributed by atoms with Crippen molar-refractivity contribution >= 4 is 10.9 Å². The molecule has 20 heavy (non-hydrogen) atoms. The Bertz CT molecular complexity index is 808. The number of rotatable bonds is 1. The highest BCUT2D eigenvalue weighted by Gasteiger charge is 2.24. The number of benzene rings is 2. The highest BCUT2D eigenvalue weighted by Crippen LogP contribution is 2.28. The van der Waals surface area contributed by atoms with Crippen LogP contribution in [0.1, 0.15) is 5.56 Å². The van der Waals surface area contributed by atoms with Crippen LogP contribution in [0.15, 0.2) is 54.6 Å². The number of fused-ring (bicyclic) bond motifs is 5. The summed E-state index contributed by atoms with van der Waals surface area (Å²) >= 11 is 0. The maximum atomic E-state index is 5.31. The molecule has 98 valence electrons. The van der Waals surface area contributed by atoms with Gasteiger partial charge in [-0.2, -0.15) is 4.57 Å². The molecule has 0 bridgehead atoms. The second-order valence-electron chi connectivity index (χ2n) is 5.20. The second-order valence-corrected chi connectivity index (χ2v) is 5.20. The molecule has 2 aromatic carbocycles. The van der Waals surface area contributed by atoms with Gasteiger partial charge < -0.3 is 4.74 Å². The average molecular weight is 262 g/mol. The maximum absolute atomic E-state index is 5.31. The summed E-state index contributed by atoms with van der Waals surface area (Å²) in [5.74, 6) is 0.911. The van der Waals surface area contributed by atoms with Crippen molar-refractivity contribution < 1.29 is 9.30 Å². The zero-order valence-electron chi connectivity index (χ0n) is 11.5. The molecule has 0 atom stereocenters. The van der Waals surface area contributed by atoms with E-state index in [4.69, 9.17) is 4.74 Å². The molecule has 0 saturated heterocycles.